The van der Waals surface area contributed by atoms with E-state index in [1.54, 1.807) is 24.3 Å². The van der Waals surface area contributed by atoms with E-state index in [0.29, 0.717) is 10.8 Å². The summed E-state index contributed by atoms with van der Waals surface area (Å²) in [6, 6.07) is 6.56. The number of nitrogens with one attached hydrogen (secondary N) is 1. The Balaban J connectivity index is 2.72. The molecule has 5 nitrogen and oxygen atoms in total. The molecule has 1 rings (SSSR count). The van der Waals surface area contributed by atoms with Gasteiger partial charge < -0.3 is 14.8 Å². The maximum atomic E-state index is 12.0. The van der Waals surface area contributed by atoms with Gasteiger partial charge in [0.05, 0.1) is 0 Å². The van der Waals surface area contributed by atoms with Crippen LogP contribution in [0, 0.1) is 0 Å². The molecule has 0 saturated heterocycles. The van der Waals surface area contributed by atoms with Gasteiger partial charge in [-0.1, -0.05) is 11.6 Å². The van der Waals surface area contributed by atoms with Crippen molar-refractivity contribution < 1.29 is 19.1 Å². The topological polar surface area (TPSA) is 64.6 Å². The first-order valence-electron chi connectivity index (χ1n) is 6.24. The molecule has 1 aromatic rings. The Morgan fingerprint density at radius 2 is 1.85 bits per heavy atom. The van der Waals surface area contributed by atoms with Gasteiger partial charge in [-0.2, -0.15) is 0 Å². The largest absolute Gasteiger partial charge is 0.477 e. The monoisotopic (exact) mass is 299 g/mol. The number of rotatable bonds is 6. The van der Waals surface area contributed by atoms with Crippen molar-refractivity contribution in [3.63, 3.8) is 0 Å². The average molecular weight is 300 g/mol. The predicted octanol–water partition coefficient (Wildman–Crippen LogP) is 2.18. The number of hydrogen-bond donors (Lipinski definition) is 1. The summed E-state index contributed by atoms with van der Waals surface area (Å²) >= 11 is 5.78. The second kappa shape index (κ2) is 7.75. The van der Waals surface area contributed by atoms with Crippen LogP contribution in [0.15, 0.2) is 24.3 Å². The third-order valence-corrected chi connectivity index (χ3v) is 2.51. The first-order chi connectivity index (χ1) is 9.38. The van der Waals surface area contributed by atoms with E-state index in [4.69, 9.17) is 21.1 Å². The van der Waals surface area contributed by atoms with E-state index >= 15 is 0 Å². The minimum atomic E-state index is -0.900. The first kappa shape index (κ1) is 16.3. The lowest BCUT2D eigenvalue weighted by Gasteiger charge is -2.19. The normalized spacial score (nSPS) is 11.8. The molecular weight excluding hydrogens is 282 g/mol. The highest BCUT2D eigenvalue weighted by molar-refractivity contribution is 6.30. The van der Waals surface area contributed by atoms with Gasteiger partial charge in [-0.3, -0.25) is 9.59 Å². The third kappa shape index (κ3) is 5.93. The van der Waals surface area contributed by atoms with Gasteiger partial charge in [0.25, 0.3) is 5.91 Å². The fourth-order valence-electron chi connectivity index (χ4n) is 1.41. The Morgan fingerprint density at radius 3 is 2.35 bits per heavy atom. The maximum Gasteiger partial charge on any atom is 0.302 e. The molecule has 6 heteroatoms. The van der Waals surface area contributed by atoms with E-state index in [1.807, 2.05) is 13.8 Å². The zero-order chi connectivity index (χ0) is 15.1. The van der Waals surface area contributed by atoms with Crippen LogP contribution in [0.3, 0.4) is 0 Å². The fourth-order valence-corrected chi connectivity index (χ4v) is 1.54. The summed E-state index contributed by atoms with van der Waals surface area (Å²) in [4.78, 5) is 22.8. The Labute approximate surface area is 123 Å². The van der Waals surface area contributed by atoms with Crippen LogP contribution in [-0.2, 0) is 14.3 Å². The zero-order valence-electron chi connectivity index (χ0n) is 11.7. The van der Waals surface area contributed by atoms with Crippen molar-refractivity contribution in [2.45, 2.75) is 32.9 Å². The van der Waals surface area contributed by atoms with Gasteiger partial charge in [0, 0.05) is 18.0 Å². The van der Waals surface area contributed by atoms with Gasteiger partial charge in [0.2, 0.25) is 6.10 Å². The van der Waals surface area contributed by atoms with Crippen molar-refractivity contribution >= 4 is 23.5 Å². The molecule has 110 valence electrons. The van der Waals surface area contributed by atoms with Crippen LogP contribution < -0.4 is 10.1 Å². The van der Waals surface area contributed by atoms with Crippen molar-refractivity contribution in [1.29, 1.82) is 0 Å². The predicted molar refractivity (Wildman–Crippen MR) is 75.8 cm³/mol. The van der Waals surface area contributed by atoms with Crippen LogP contribution in [0.5, 0.6) is 5.75 Å². The van der Waals surface area contributed by atoms with E-state index in [-0.39, 0.29) is 18.6 Å². The molecule has 1 atom stereocenters. The number of carbonyl (C=O) groups is 2. The molecule has 0 aliphatic rings. The molecule has 1 amide bonds. The Morgan fingerprint density at radius 1 is 1.25 bits per heavy atom. The Kier molecular flexibility index (Phi) is 6.31. The van der Waals surface area contributed by atoms with Crippen molar-refractivity contribution in [2.75, 3.05) is 6.61 Å². The molecule has 1 aromatic carbocycles. The molecule has 0 bridgehead atoms. The molecule has 0 spiro atoms. The molecule has 0 fully saturated rings. The maximum absolute atomic E-state index is 12.0. The lowest BCUT2D eigenvalue weighted by molar-refractivity contribution is -0.146. The third-order valence-electron chi connectivity index (χ3n) is 2.25. The summed E-state index contributed by atoms with van der Waals surface area (Å²) in [5, 5.41) is 3.29. The molecule has 0 saturated carbocycles. The van der Waals surface area contributed by atoms with E-state index in [9.17, 15) is 9.59 Å². The number of benzene rings is 1. The SMILES string of the molecule is CC(=O)OCC(Oc1ccc(Cl)cc1)C(=O)NC(C)C. The summed E-state index contributed by atoms with van der Waals surface area (Å²) in [6.07, 6.45) is -0.900. The van der Waals surface area contributed by atoms with Crippen molar-refractivity contribution in [3.8, 4) is 5.75 Å². The van der Waals surface area contributed by atoms with Crippen molar-refractivity contribution in [3.05, 3.63) is 29.3 Å². The van der Waals surface area contributed by atoms with Crippen LogP contribution in [-0.4, -0.2) is 30.6 Å². The van der Waals surface area contributed by atoms with Crippen LogP contribution in [0.2, 0.25) is 5.02 Å². The number of ether oxygens (including phenoxy) is 2. The Hall–Kier alpha value is -1.75. The average Bonchev–Trinajstić information content (AvgIpc) is 2.35. The molecule has 0 aliphatic carbocycles. The molecule has 1 N–H and O–H groups in total. The van der Waals surface area contributed by atoms with Crippen LogP contribution in [0.1, 0.15) is 20.8 Å². The summed E-state index contributed by atoms with van der Waals surface area (Å²) < 4.78 is 10.4. The van der Waals surface area contributed by atoms with Gasteiger partial charge in [-0.15, -0.1) is 0 Å². The minimum absolute atomic E-state index is 0.0313. The van der Waals surface area contributed by atoms with E-state index in [0.717, 1.165) is 0 Å². The quantitative estimate of drug-likeness (QED) is 0.818. The summed E-state index contributed by atoms with van der Waals surface area (Å²) in [5.41, 5.74) is 0. The molecule has 1 unspecified atom stereocenters. The second-order valence-corrected chi connectivity index (χ2v) is 4.96. The lowest BCUT2D eigenvalue weighted by Crippen LogP contribution is -2.44. The highest BCUT2D eigenvalue weighted by Gasteiger charge is 2.22. The second-order valence-electron chi connectivity index (χ2n) is 4.53. The first-order valence-corrected chi connectivity index (χ1v) is 6.62. The van der Waals surface area contributed by atoms with E-state index < -0.39 is 12.1 Å². The summed E-state index contributed by atoms with van der Waals surface area (Å²) in [7, 11) is 0. The fraction of sp³-hybridized carbons (Fsp3) is 0.429. The number of amides is 1. The van der Waals surface area contributed by atoms with Crippen molar-refractivity contribution in [2.24, 2.45) is 0 Å². The van der Waals surface area contributed by atoms with Crippen LogP contribution >= 0.6 is 11.6 Å². The van der Waals surface area contributed by atoms with E-state index in [1.165, 1.54) is 6.92 Å². The minimum Gasteiger partial charge on any atom is -0.477 e. The summed E-state index contributed by atoms with van der Waals surface area (Å²) in [6.45, 7) is 4.81. The Bertz CT molecular complexity index is 459. The number of esters is 1. The zero-order valence-corrected chi connectivity index (χ0v) is 12.4. The van der Waals surface area contributed by atoms with Gasteiger partial charge in [0.1, 0.15) is 12.4 Å². The molecular formula is C14H18ClNO4. The molecule has 0 aliphatic heterocycles. The molecule has 0 heterocycles. The highest BCUT2D eigenvalue weighted by Crippen LogP contribution is 2.17. The van der Waals surface area contributed by atoms with E-state index in [2.05, 4.69) is 5.32 Å². The number of carbonyl (C=O) groups excluding carboxylic acids is 2. The van der Waals surface area contributed by atoms with Gasteiger partial charge in [0.15, 0.2) is 0 Å². The smallest absolute Gasteiger partial charge is 0.302 e. The lowest BCUT2D eigenvalue weighted by atomic mass is 10.3. The highest BCUT2D eigenvalue weighted by atomic mass is 35.5. The van der Waals surface area contributed by atoms with Gasteiger partial charge in [-0.05, 0) is 38.1 Å². The van der Waals surface area contributed by atoms with Crippen molar-refractivity contribution in [1.82, 2.24) is 5.32 Å². The van der Waals surface area contributed by atoms with Crippen LogP contribution in [0.25, 0.3) is 0 Å². The standard InChI is InChI=1S/C14H18ClNO4/c1-9(2)16-14(18)13(8-19-10(3)17)20-12-6-4-11(15)5-7-12/h4-7,9,13H,8H2,1-3H3,(H,16,18). The molecule has 0 radical (unpaired) electrons. The van der Waals surface area contributed by atoms with Crippen LogP contribution in [0.4, 0.5) is 0 Å². The molecule has 0 aromatic heterocycles. The summed E-state index contributed by atoms with van der Waals surface area (Å²) in [5.74, 6) is -0.325. The molecule has 20 heavy (non-hydrogen) atoms. The number of halogens is 1. The number of hydrogen-bond acceptors (Lipinski definition) is 4. The van der Waals surface area contributed by atoms with Gasteiger partial charge in [-0.25, -0.2) is 0 Å². The van der Waals surface area contributed by atoms with Gasteiger partial charge >= 0.3 is 5.97 Å².